The van der Waals surface area contributed by atoms with E-state index in [0.29, 0.717) is 22.6 Å². The van der Waals surface area contributed by atoms with Crippen molar-refractivity contribution in [3.05, 3.63) is 47.4 Å². The molecule has 0 aliphatic rings. The lowest BCUT2D eigenvalue weighted by Gasteiger charge is -2.20. The molecule has 0 bridgehead atoms. The van der Waals surface area contributed by atoms with Crippen molar-refractivity contribution in [3.63, 3.8) is 0 Å². The summed E-state index contributed by atoms with van der Waals surface area (Å²) in [7, 11) is 0. The minimum absolute atomic E-state index is 0.287. The largest absolute Gasteiger partial charge is 0.484 e. The third-order valence-corrected chi connectivity index (χ3v) is 4.61. The van der Waals surface area contributed by atoms with Gasteiger partial charge in [-0.1, -0.05) is 37.6 Å². The Morgan fingerprint density at radius 2 is 1.96 bits per heavy atom. The molecule has 0 aliphatic heterocycles. The average molecular weight is 377 g/mol. The fraction of sp³-hybridized carbons (Fsp3) is 0.500. The van der Waals surface area contributed by atoms with Crippen molar-refractivity contribution in [2.45, 2.75) is 46.3 Å². The van der Waals surface area contributed by atoms with Gasteiger partial charge in [-0.25, -0.2) is 9.97 Å². The van der Waals surface area contributed by atoms with E-state index in [0.717, 1.165) is 31.9 Å². The Balaban J connectivity index is 1.81. The van der Waals surface area contributed by atoms with Crippen molar-refractivity contribution < 1.29 is 4.74 Å². The van der Waals surface area contributed by atoms with Crippen LogP contribution in [-0.2, 0) is 6.61 Å². The Bertz CT molecular complexity index is 664. The number of aromatic nitrogens is 2. The quantitative estimate of drug-likeness (QED) is 0.619. The highest BCUT2D eigenvalue weighted by molar-refractivity contribution is 6.32. The van der Waals surface area contributed by atoms with Crippen molar-refractivity contribution in [1.29, 1.82) is 0 Å². The van der Waals surface area contributed by atoms with Crippen LogP contribution in [0.4, 0.5) is 5.82 Å². The highest BCUT2D eigenvalue weighted by Gasteiger charge is 2.07. The first-order valence-electron chi connectivity index (χ1n) is 9.30. The number of nitrogens with one attached hydrogen (secondary N) is 1. The number of nitrogens with zero attached hydrogens (tertiary/aromatic N) is 3. The average Bonchev–Trinajstić information content (AvgIpc) is 2.65. The van der Waals surface area contributed by atoms with E-state index in [1.165, 1.54) is 6.42 Å². The van der Waals surface area contributed by atoms with Crippen molar-refractivity contribution >= 4 is 17.4 Å². The summed E-state index contributed by atoms with van der Waals surface area (Å²) < 4.78 is 5.71. The van der Waals surface area contributed by atoms with Gasteiger partial charge in [0.2, 0.25) is 0 Å². The second kappa shape index (κ2) is 11.0. The van der Waals surface area contributed by atoms with Crippen LogP contribution in [0.3, 0.4) is 0 Å². The topological polar surface area (TPSA) is 50.3 Å². The second-order valence-corrected chi connectivity index (χ2v) is 6.70. The molecule has 0 radical (unpaired) electrons. The van der Waals surface area contributed by atoms with E-state index in [1.54, 1.807) is 12.3 Å². The Morgan fingerprint density at radius 3 is 2.69 bits per heavy atom. The van der Waals surface area contributed by atoms with Crippen LogP contribution >= 0.6 is 11.6 Å². The monoisotopic (exact) mass is 376 g/mol. The van der Waals surface area contributed by atoms with Gasteiger partial charge in [-0.2, -0.15) is 0 Å². The van der Waals surface area contributed by atoms with Crippen LogP contribution in [0.1, 0.15) is 39.4 Å². The number of hydrogen-bond donors (Lipinski definition) is 1. The lowest BCUT2D eigenvalue weighted by atomic mass is 10.1. The molecule has 142 valence electrons. The van der Waals surface area contributed by atoms with Gasteiger partial charge in [0, 0.05) is 12.2 Å². The number of ether oxygens (including phenoxy) is 1. The van der Waals surface area contributed by atoms with E-state index >= 15 is 0 Å². The van der Waals surface area contributed by atoms with Gasteiger partial charge in [-0.05, 0) is 57.6 Å². The zero-order valence-corrected chi connectivity index (χ0v) is 16.7. The normalized spacial score (nSPS) is 12.2. The molecule has 26 heavy (non-hydrogen) atoms. The van der Waals surface area contributed by atoms with E-state index in [1.807, 2.05) is 24.3 Å². The van der Waals surface area contributed by atoms with Gasteiger partial charge < -0.3 is 15.0 Å². The molecule has 0 spiro atoms. The van der Waals surface area contributed by atoms with Crippen molar-refractivity contribution in [2.24, 2.45) is 0 Å². The Morgan fingerprint density at radius 1 is 1.19 bits per heavy atom. The number of benzene rings is 1. The number of para-hydroxylation sites is 1. The first kappa shape index (κ1) is 20.5. The maximum Gasteiger partial charge on any atom is 0.168 e. The Kier molecular flexibility index (Phi) is 8.65. The molecule has 2 aromatic rings. The summed E-state index contributed by atoms with van der Waals surface area (Å²) in [6.07, 6.45) is 4.03. The van der Waals surface area contributed by atoms with Crippen molar-refractivity contribution in [1.82, 2.24) is 14.9 Å². The molecule has 0 saturated heterocycles. The molecular formula is C20H29ClN4O. The zero-order valence-electron chi connectivity index (χ0n) is 15.9. The lowest BCUT2D eigenvalue weighted by molar-refractivity contribution is 0.294. The Labute approximate surface area is 161 Å². The fourth-order valence-corrected chi connectivity index (χ4v) is 2.93. The summed E-state index contributed by atoms with van der Waals surface area (Å²) in [5.74, 6) is 2.10. The number of anilines is 1. The van der Waals surface area contributed by atoms with Crippen LogP contribution in [0.2, 0.25) is 5.02 Å². The predicted octanol–water partition coefficient (Wildman–Crippen LogP) is 4.63. The summed E-state index contributed by atoms with van der Waals surface area (Å²) in [4.78, 5) is 11.3. The molecule has 1 atom stereocenters. The predicted molar refractivity (Wildman–Crippen MR) is 108 cm³/mol. The minimum Gasteiger partial charge on any atom is -0.484 e. The van der Waals surface area contributed by atoms with E-state index < -0.39 is 0 Å². The molecule has 1 aromatic carbocycles. The molecular weight excluding hydrogens is 348 g/mol. The van der Waals surface area contributed by atoms with Gasteiger partial charge in [0.15, 0.2) is 5.82 Å². The highest BCUT2D eigenvalue weighted by atomic mass is 35.5. The number of hydrogen-bond acceptors (Lipinski definition) is 5. The molecule has 1 unspecified atom stereocenters. The number of halogens is 1. The van der Waals surface area contributed by atoms with Crippen LogP contribution < -0.4 is 10.1 Å². The molecule has 0 fully saturated rings. The van der Waals surface area contributed by atoms with Gasteiger partial charge >= 0.3 is 0 Å². The van der Waals surface area contributed by atoms with Gasteiger partial charge in [0.25, 0.3) is 0 Å². The summed E-state index contributed by atoms with van der Waals surface area (Å²) in [6.45, 7) is 10.2. The summed E-state index contributed by atoms with van der Waals surface area (Å²) in [5, 5.41) is 4.04. The molecule has 5 nitrogen and oxygen atoms in total. The second-order valence-electron chi connectivity index (χ2n) is 6.29. The molecule has 6 heteroatoms. The van der Waals surface area contributed by atoms with Gasteiger partial charge in [0.1, 0.15) is 18.2 Å². The van der Waals surface area contributed by atoms with E-state index in [-0.39, 0.29) is 6.61 Å². The maximum atomic E-state index is 6.10. The minimum atomic E-state index is 0.287. The SMILES string of the molecule is CCN(CC)CCCC(C)Nc1ccnc(COc2ccccc2Cl)n1. The molecule has 1 heterocycles. The smallest absolute Gasteiger partial charge is 0.168 e. The van der Waals surface area contributed by atoms with Crippen LogP contribution in [0.5, 0.6) is 5.75 Å². The number of rotatable bonds is 11. The van der Waals surface area contributed by atoms with Crippen LogP contribution in [-0.4, -0.2) is 40.5 Å². The molecule has 0 amide bonds. The highest BCUT2D eigenvalue weighted by Crippen LogP contribution is 2.23. The summed E-state index contributed by atoms with van der Waals surface area (Å²) in [6, 6.07) is 9.65. The van der Waals surface area contributed by atoms with Crippen LogP contribution in [0.25, 0.3) is 0 Å². The van der Waals surface area contributed by atoms with E-state index in [2.05, 4.69) is 41.0 Å². The van der Waals surface area contributed by atoms with Crippen LogP contribution in [0, 0.1) is 0 Å². The van der Waals surface area contributed by atoms with Gasteiger partial charge in [-0.3, -0.25) is 0 Å². The third kappa shape index (κ3) is 6.81. The molecule has 1 N–H and O–H groups in total. The van der Waals surface area contributed by atoms with Crippen molar-refractivity contribution in [2.75, 3.05) is 25.0 Å². The molecule has 0 aliphatic carbocycles. The Hall–Kier alpha value is -1.85. The first-order valence-corrected chi connectivity index (χ1v) is 9.68. The fourth-order valence-electron chi connectivity index (χ4n) is 2.74. The van der Waals surface area contributed by atoms with E-state index in [4.69, 9.17) is 16.3 Å². The standard InChI is InChI=1S/C20H29ClN4O/c1-4-25(5-2)14-8-9-16(3)23-19-12-13-22-20(24-19)15-26-18-11-7-6-10-17(18)21/h6-7,10-13,16H,4-5,8-9,14-15H2,1-3H3,(H,22,23,24). The van der Waals surface area contributed by atoms with E-state index in [9.17, 15) is 0 Å². The van der Waals surface area contributed by atoms with Crippen molar-refractivity contribution in [3.8, 4) is 5.75 Å². The first-order chi connectivity index (χ1) is 12.6. The molecule has 0 saturated carbocycles. The van der Waals surface area contributed by atoms with Crippen LogP contribution in [0.15, 0.2) is 36.5 Å². The lowest BCUT2D eigenvalue weighted by Crippen LogP contribution is -2.25. The summed E-state index contributed by atoms with van der Waals surface area (Å²) in [5.41, 5.74) is 0. The van der Waals surface area contributed by atoms with Gasteiger partial charge in [0.05, 0.1) is 5.02 Å². The molecule has 2 rings (SSSR count). The maximum absolute atomic E-state index is 6.10. The summed E-state index contributed by atoms with van der Waals surface area (Å²) >= 11 is 6.10. The van der Waals surface area contributed by atoms with Gasteiger partial charge in [-0.15, -0.1) is 0 Å². The molecule has 1 aromatic heterocycles. The third-order valence-electron chi connectivity index (χ3n) is 4.30. The zero-order chi connectivity index (χ0) is 18.8.